The van der Waals surface area contributed by atoms with Gasteiger partial charge in [-0.25, -0.2) is 0 Å². The van der Waals surface area contributed by atoms with Crippen molar-refractivity contribution in [1.82, 2.24) is 24.9 Å². The van der Waals surface area contributed by atoms with E-state index in [9.17, 15) is 0 Å². The number of ether oxygens (including phenoxy) is 1. The van der Waals surface area contributed by atoms with Crippen LogP contribution in [0.15, 0.2) is 50.8 Å². The van der Waals surface area contributed by atoms with Crippen LogP contribution in [0.2, 0.25) is 5.02 Å². The third-order valence-corrected chi connectivity index (χ3v) is 6.10. The lowest BCUT2D eigenvalue weighted by molar-refractivity contribution is 0.189. The monoisotopic (exact) mass is 447 g/mol. The van der Waals surface area contributed by atoms with Crippen LogP contribution in [0.3, 0.4) is 0 Å². The highest BCUT2D eigenvalue weighted by atomic mass is 35.5. The first kappa shape index (κ1) is 20.1. The molecule has 150 valence electrons. The fourth-order valence-corrected chi connectivity index (χ4v) is 4.41. The molecule has 1 aromatic carbocycles. The van der Waals surface area contributed by atoms with Gasteiger partial charge in [-0.15, -0.1) is 10.2 Å². The Labute approximate surface area is 181 Å². The number of benzene rings is 1. The number of rotatable bonds is 9. The summed E-state index contributed by atoms with van der Waals surface area (Å²) in [5.41, 5.74) is 1.78. The highest BCUT2D eigenvalue weighted by Crippen LogP contribution is 2.30. The van der Waals surface area contributed by atoms with Crippen molar-refractivity contribution in [1.29, 1.82) is 0 Å². The summed E-state index contributed by atoms with van der Waals surface area (Å²) in [5, 5.41) is 18.2. The maximum absolute atomic E-state index is 6.38. The molecule has 4 rings (SSSR count). The molecule has 10 heteroatoms. The fourth-order valence-electron chi connectivity index (χ4n) is 2.75. The SMILES string of the molecule is COCCCn1c(SCc2noc(-c3ccsc3)n2)nnc1-c1ccccc1Cl. The highest BCUT2D eigenvalue weighted by Gasteiger charge is 2.17. The van der Waals surface area contributed by atoms with Gasteiger partial charge in [0.25, 0.3) is 5.89 Å². The van der Waals surface area contributed by atoms with Gasteiger partial charge in [0.05, 0.1) is 16.3 Å². The van der Waals surface area contributed by atoms with Crippen molar-refractivity contribution in [2.75, 3.05) is 13.7 Å². The van der Waals surface area contributed by atoms with E-state index in [1.165, 1.54) is 11.8 Å². The van der Waals surface area contributed by atoms with Crippen molar-refractivity contribution in [3.8, 4) is 22.8 Å². The lowest BCUT2D eigenvalue weighted by Gasteiger charge is -2.10. The number of thioether (sulfide) groups is 1. The van der Waals surface area contributed by atoms with E-state index in [1.807, 2.05) is 41.1 Å². The number of methoxy groups -OCH3 is 1. The molecular formula is C19H18ClN5O2S2. The van der Waals surface area contributed by atoms with Gasteiger partial charge in [-0.05, 0) is 30.0 Å². The Morgan fingerprint density at radius 3 is 2.93 bits per heavy atom. The fraction of sp³-hybridized carbons (Fsp3) is 0.263. The normalized spacial score (nSPS) is 11.2. The van der Waals surface area contributed by atoms with E-state index in [0.717, 1.165) is 35.1 Å². The standard InChI is InChI=1S/C19H18ClN5O2S2/c1-26-9-4-8-25-17(14-5-2-3-6-15(14)20)22-23-19(25)29-12-16-21-18(27-24-16)13-7-10-28-11-13/h2-3,5-7,10-11H,4,8-9,12H2,1H3. The summed E-state index contributed by atoms with van der Waals surface area (Å²) >= 11 is 9.49. The Kier molecular flexibility index (Phi) is 6.60. The average Bonchev–Trinajstić information content (AvgIpc) is 3.48. The largest absolute Gasteiger partial charge is 0.385 e. The summed E-state index contributed by atoms with van der Waals surface area (Å²) in [7, 11) is 1.69. The number of nitrogens with zero attached hydrogens (tertiary/aromatic N) is 5. The molecule has 0 radical (unpaired) electrons. The second-order valence-electron chi connectivity index (χ2n) is 6.10. The van der Waals surface area contributed by atoms with Crippen LogP contribution in [0, 0.1) is 0 Å². The molecule has 0 fully saturated rings. The molecule has 0 spiro atoms. The van der Waals surface area contributed by atoms with Crippen molar-refractivity contribution >= 4 is 34.7 Å². The van der Waals surface area contributed by atoms with Crippen molar-refractivity contribution in [3.63, 3.8) is 0 Å². The molecule has 0 saturated heterocycles. The molecule has 0 N–H and O–H groups in total. The van der Waals surface area contributed by atoms with Crippen LogP contribution in [-0.2, 0) is 17.0 Å². The van der Waals surface area contributed by atoms with E-state index < -0.39 is 0 Å². The summed E-state index contributed by atoms with van der Waals surface area (Å²) in [6, 6.07) is 9.59. The van der Waals surface area contributed by atoms with Gasteiger partial charge >= 0.3 is 0 Å². The van der Waals surface area contributed by atoms with Gasteiger partial charge in [-0.1, -0.05) is 40.7 Å². The van der Waals surface area contributed by atoms with Crippen LogP contribution < -0.4 is 0 Å². The molecule has 3 heterocycles. The second-order valence-corrected chi connectivity index (χ2v) is 8.23. The Morgan fingerprint density at radius 1 is 1.24 bits per heavy atom. The van der Waals surface area contributed by atoms with Gasteiger partial charge in [-0.3, -0.25) is 0 Å². The maximum Gasteiger partial charge on any atom is 0.258 e. The van der Waals surface area contributed by atoms with Crippen molar-refractivity contribution in [2.45, 2.75) is 23.9 Å². The van der Waals surface area contributed by atoms with Crippen molar-refractivity contribution in [3.05, 3.63) is 51.9 Å². The number of aromatic nitrogens is 5. The second kappa shape index (κ2) is 9.53. The Hall–Kier alpha value is -2.20. The van der Waals surface area contributed by atoms with Crippen LogP contribution >= 0.6 is 34.7 Å². The molecule has 0 amide bonds. The van der Waals surface area contributed by atoms with Crippen molar-refractivity contribution in [2.24, 2.45) is 0 Å². The van der Waals surface area contributed by atoms with Crippen LogP contribution in [0.4, 0.5) is 0 Å². The topological polar surface area (TPSA) is 78.9 Å². The maximum atomic E-state index is 6.38. The molecule has 0 aliphatic rings. The molecule has 4 aromatic rings. The minimum atomic E-state index is 0.526. The molecule has 7 nitrogen and oxygen atoms in total. The number of hydrogen-bond acceptors (Lipinski definition) is 8. The van der Waals surface area contributed by atoms with Crippen LogP contribution in [0.1, 0.15) is 12.2 Å². The molecular weight excluding hydrogens is 430 g/mol. The number of thiophene rings is 1. The quantitative estimate of drug-likeness (QED) is 0.262. The molecule has 0 aliphatic carbocycles. The Morgan fingerprint density at radius 2 is 2.14 bits per heavy atom. The van der Waals surface area contributed by atoms with Gasteiger partial charge in [0.15, 0.2) is 16.8 Å². The average molecular weight is 448 g/mol. The summed E-state index contributed by atoms with van der Waals surface area (Å²) in [6.07, 6.45) is 0.837. The zero-order valence-electron chi connectivity index (χ0n) is 15.6. The molecule has 3 aromatic heterocycles. The minimum Gasteiger partial charge on any atom is -0.385 e. The van der Waals surface area contributed by atoms with Gasteiger partial charge in [-0.2, -0.15) is 16.3 Å². The zero-order valence-corrected chi connectivity index (χ0v) is 18.0. The van der Waals surface area contributed by atoms with Gasteiger partial charge in [0, 0.05) is 31.2 Å². The lowest BCUT2D eigenvalue weighted by atomic mass is 10.2. The van der Waals surface area contributed by atoms with Crippen LogP contribution in [0.25, 0.3) is 22.8 Å². The highest BCUT2D eigenvalue weighted by molar-refractivity contribution is 7.98. The predicted molar refractivity (Wildman–Crippen MR) is 114 cm³/mol. The first-order valence-corrected chi connectivity index (χ1v) is 11.2. The van der Waals surface area contributed by atoms with Gasteiger partial charge in [0.2, 0.25) is 0 Å². The van der Waals surface area contributed by atoms with Crippen molar-refractivity contribution < 1.29 is 9.26 Å². The molecule has 0 aliphatic heterocycles. The zero-order chi connectivity index (χ0) is 20.1. The third-order valence-electron chi connectivity index (χ3n) is 4.13. The van der Waals surface area contributed by atoms with Crippen LogP contribution in [-0.4, -0.2) is 38.6 Å². The van der Waals surface area contributed by atoms with E-state index in [1.54, 1.807) is 18.4 Å². The van der Waals surface area contributed by atoms with E-state index in [-0.39, 0.29) is 0 Å². The predicted octanol–water partition coefficient (Wildman–Crippen LogP) is 5.04. The van der Waals surface area contributed by atoms with E-state index in [2.05, 4.69) is 24.9 Å². The number of hydrogen-bond donors (Lipinski definition) is 0. The smallest absolute Gasteiger partial charge is 0.258 e. The van der Waals surface area contributed by atoms with E-state index in [4.69, 9.17) is 20.9 Å². The molecule has 0 unspecified atom stereocenters. The van der Waals surface area contributed by atoms with Gasteiger partial charge < -0.3 is 13.8 Å². The molecule has 29 heavy (non-hydrogen) atoms. The number of halogens is 1. The molecule has 0 bridgehead atoms. The summed E-state index contributed by atoms with van der Waals surface area (Å²) in [6.45, 7) is 1.37. The summed E-state index contributed by atoms with van der Waals surface area (Å²) in [4.78, 5) is 4.46. The first-order valence-electron chi connectivity index (χ1n) is 8.91. The Bertz CT molecular complexity index is 1060. The molecule has 0 atom stereocenters. The van der Waals surface area contributed by atoms with E-state index >= 15 is 0 Å². The molecule has 0 saturated carbocycles. The minimum absolute atomic E-state index is 0.526. The lowest BCUT2D eigenvalue weighted by Crippen LogP contribution is -2.05. The van der Waals surface area contributed by atoms with E-state index in [0.29, 0.717) is 29.1 Å². The summed E-state index contributed by atoms with van der Waals surface area (Å²) in [5.74, 6) is 2.40. The summed E-state index contributed by atoms with van der Waals surface area (Å²) < 4.78 is 12.6. The first-order chi connectivity index (χ1) is 14.3. The third kappa shape index (κ3) is 4.69. The van der Waals surface area contributed by atoms with Gasteiger partial charge in [0.1, 0.15) is 0 Å². The van der Waals surface area contributed by atoms with Crippen LogP contribution in [0.5, 0.6) is 0 Å². The Balaban J connectivity index is 1.54.